The van der Waals surface area contributed by atoms with Crippen LogP contribution in [0.4, 0.5) is 10.1 Å². The summed E-state index contributed by atoms with van der Waals surface area (Å²) in [5, 5.41) is 2.28. The van der Waals surface area contributed by atoms with Gasteiger partial charge in [-0.15, -0.1) is 0 Å². The van der Waals surface area contributed by atoms with Crippen LogP contribution < -0.4 is 9.62 Å². The molecule has 0 bridgehead atoms. The summed E-state index contributed by atoms with van der Waals surface area (Å²) in [6, 6.07) is 3.43. The Labute approximate surface area is 127 Å². The van der Waals surface area contributed by atoms with Gasteiger partial charge in [-0.1, -0.05) is 11.6 Å². The number of hydrogen-bond donors (Lipinski definition) is 1. The number of amides is 1. The molecule has 118 valence electrons. The first kappa shape index (κ1) is 17.7. The maximum atomic E-state index is 13.1. The fourth-order valence-corrected chi connectivity index (χ4v) is 2.54. The Kier molecular flexibility index (Phi) is 6.38. The number of rotatable bonds is 7. The molecule has 1 aromatic carbocycles. The Bertz CT molecular complexity index is 609. The molecule has 1 rings (SSSR count). The average molecular weight is 339 g/mol. The monoisotopic (exact) mass is 338 g/mol. The van der Waals surface area contributed by atoms with Crippen LogP contribution in [-0.2, 0) is 19.6 Å². The Hall–Kier alpha value is -1.38. The van der Waals surface area contributed by atoms with Crippen molar-refractivity contribution in [2.24, 2.45) is 0 Å². The van der Waals surface area contributed by atoms with Crippen LogP contribution in [0.1, 0.15) is 0 Å². The molecule has 0 aromatic heterocycles. The molecule has 0 atom stereocenters. The number of carbonyl (C=O) groups is 1. The third-order valence-electron chi connectivity index (χ3n) is 2.51. The van der Waals surface area contributed by atoms with Gasteiger partial charge in [0.15, 0.2) is 0 Å². The quantitative estimate of drug-likeness (QED) is 0.753. The van der Waals surface area contributed by atoms with Crippen molar-refractivity contribution in [3.05, 3.63) is 29.0 Å². The van der Waals surface area contributed by atoms with Gasteiger partial charge in [0.05, 0.1) is 23.6 Å². The number of hydrogen-bond acceptors (Lipinski definition) is 4. The van der Waals surface area contributed by atoms with Crippen LogP contribution in [0.3, 0.4) is 0 Å². The predicted octanol–water partition coefficient (Wildman–Crippen LogP) is 1.01. The number of methoxy groups -OCH3 is 1. The van der Waals surface area contributed by atoms with Gasteiger partial charge in [0.2, 0.25) is 15.9 Å². The third-order valence-corrected chi connectivity index (χ3v) is 3.94. The molecule has 0 spiro atoms. The van der Waals surface area contributed by atoms with Gasteiger partial charge in [0.1, 0.15) is 12.4 Å². The highest BCUT2D eigenvalue weighted by Crippen LogP contribution is 2.24. The van der Waals surface area contributed by atoms with Gasteiger partial charge in [-0.05, 0) is 18.2 Å². The Morgan fingerprint density at radius 3 is 2.67 bits per heavy atom. The van der Waals surface area contributed by atoms with Crippen LogP contribution in [-0.4, -0.2) is 47.4 Å². The van der Waals surface area contributed by atoms with Crippen molar-refractivity contribution in [3.8, 4) is 0 Å². The maximum absolute atomic E-state index is 13.1. The summed E-state index contributed by atoms with van der Waals surface area (Å²) < 4.78 is 42.3. The molecule has 6 nitrogen and oxygen atoms in total. The van der Waals surface area contributed by atoms with Crippen molar-refractivity contribution in [2.75, 3.05) is 37.4 Å². The number of sulfonamides is 1. The molecule has 21 heavy (non-hydrogen) atoms. The third kappa shape index (κ3) is 5.49. The number of nitrogens with one attached hydrogen (secondary N) is 1. The fourth-order valence-electron chi connectivity index (χ4n) is 1.52. The van der Waals surface area contributed by atoms with Crippen molar-refractivity contribution in [1.82, 2.24) is 5.32 Å². The smallest absolute Gasteiger partial charge is 0.240 e. The van der Waals surface area contributed by atoms with Crippen molar-refractivity contribution < 1.29 is 22.3 Å². The van der Waals surface area contributed by atoms with E-state index >= 15 is 0 Å². The average Bonchev–Trinajstić information content (AvgIpc) is 2.38. The minimum atomic E-state index is -3.71. The lowest BCUT2D eigenvalue weighted by Gasteiger charge is -2.22. The molecule has 9 heteroatoms. The SMILES string of the molecule is COCCNC(=O)CN(c1ccc(F)c(Cl)c1)S(C)(=O)=O. The number of nitrogens with zero attached hydrogens (tertiary/aromatic N) is 1. The van der Waals surface area contributed by atoms with E-state index in [-0.39, 0.29) is 17.3 Å². The van der Waals surface area contributed by atoms with Gasteiger partial charge in [0.25, 0.3) is 0 Å². The second-order valence-electron chi connectivity index (χ2n) is 4.21. The molecule has 0 saturated carbocycles. The van der Waals surface area contributed by atoms with E-state index in [9.17, 15) is 17.6 Å². The van der Waals surface area contributed by atoms with E-state index in [2.05, 4.69) is 5.32 Å². The molecule has 0 saturated heterocycles. The molecule has 0 aliphatic rings. The summed E-state index contributed by atoms with van der Waals surface area (Å²) >= 11 is 5.63. The summed E-state index contributed by atoms with van der Waals surface area (Å²) in [5.74, 6) is -1.17. The second kappa shape index (κ2) is 7.58. The molecule has 0 aliphatic heterocycles. The highest BCUT2D eigenvalue weighted by atomic mass is 35.5. The highest BCUT2D eigenvalue weighted by Gasteiger charge is 2.21. The molecule has 0 radical (unpaired) electrons. The zero-order chi connectivity index (χ0) is 16.0. The number of ether oxygens (including phenoxy) is 1. The van der Waals surface area contributed by atoms with Gasteiger partial charge in [-0.3, -0.25) is 9.10 Å². The van der Waals surface area contributed by atoms with Crippen LogP contribution >= 0.6 is 11.6 Å². The normalized spacial score (nSPS) is 11.2. The molecule has 1 aromatic rings. The van der Waals surface area contributed by atoms with Gasteiger partial charge in [0, 0.05) is 13.7 Å². The summed E-state index contributed by atoms with van der Waals surface area (Å²) in [6.07, 6.45) is 0.951. The van der Waals surface area contributed by atoms with E-state index in [1.807, 2.05) is 0 Å². The number of halogens is 2. The van der Waals surface area contributed by atoms with E-state index in [4.69, 9.17) is 16.3 Å². The van der Waals surface area contributed by atoms with Crippen LogP contribution in [0.5, 0.6) is 0 Å². The first-order valence-electron chi connectivity index (χ1n) is 5.94. The van der Waals surface area contributed by atoms with Gasteiger partial charge < -0.3 is 10.1 Å². The van der Waals surface area contributed by atoms with E-state index in [1.165, 1.54) is 13.2 Å². The summed E-state index contributed by atoms with van der Waals surface area (Å²) in [5.41, 5.74) is 0.116. The summed E-state index contributed by atoms with van der Waals surface area (Å²) in [6.45, 7) is 0.147. The summed E-state index contributed by atoms with van der Waals surface area (Å²) in [7, 11) is -2.23. The summed E-state index contributed by atoms with van der Waals surface area (Å²) in [4.78, 5) is 11.7. The van der Waals surface area contributed by atoms with Gasteiger partial charge in [-0.25, -0.2) is 12.8 Å². The van der Waals surface area contributed by atoms with Gasteiger partial charge in [-0.2, -0.15) is 0 Å². The standard InChI is InChI=1S/C12H16ClFN2O4S/c1-20-6-5-15-12(17)8-16(21(2,18)19)9-3-4-11(14)10(13)7-9/h3-4,7H,5-6,8H2,1-2H3,(H,15,17). The first-order valence-corrected chi connectivity index (χ1v) is 8.16. The van der Waals surface area contributed by atoms with Gasteiger partial charge >= 0.3 is 0 Å². The minimum Gasteiger partial charge on any atom is -0.383 e. The van der Waals surface area contributed by atoms with Crippen molar-refractivity contribution in [2.45, 2.75) is 0 Å². The predicted molar refractivity (Wildman–Crippen MR) is 78.5 cm³/mol. The molecule has 0 fully saturated rings. The van der Waals surface area contributed by atoms with Crippen LogP contribution in [0.25, 0.3) is 0 Å². The Balaban J connectivity index is 2.92. The molecule has 1 N–H and O–H groups in total. The molecule has 0 aliphatic carbocycles. The van der Waals surface area contributed by atoms with E-state index in [0.717, 1.165) is 22.7 Å². The van der Waals surface area contributed by atoms with E-state index < -0.39 is 28.3 Å². The van der Waals surface area contributed by atoms with Crippen molar-refractivity contribution in [1.29, 1.82) is 0 Å². The molecule has 0 unspecified atom stereocenters. The zero-order valence-corrected chi connectivity index (χ0v) is 13.2. The lowest BCUT2D eigenvalue weighted by atomic mass is 10.3. The van der Waals surface area contributed by atoms with Crippen molar-refractivity contribution >= 4 is 33.2 Å². The Morgan fingerprint density at radius 1 is 1.48 bits per heavy atom. The first-order chi connectivity index (χ1) is 9.75. The molecular weight excluding hydrogens is 323 g/mol. The van der Waals surface area contributed by atoms with Crippen LogP contribution in [0, 0.1) is 5.82 Å². The highest BCUT2D eigenvalue weighted by molar-refractivity contribution is 7.92. The Morgan fingerprint density at radius 2 is 2.14 bits per heavy atom. The lowest BCUT2D eigenvalue weighted by molar-refractivity contribution is -0.119. The number of carbonyl (C=O) groups excluding carboxylic acids is 1. The largest absolute Gasteiger partial charge is 0.383 e. The zero-order valence-electron chi connectivity index (χ0n) is 11.6. The second-order valence-corrected chi connectivity index (χ2v) is 6.52. The topological polar surface area (TPSA) is 75.7 Å². The van der Waals surface area contributed by atoms with E-state index in [0.29, 0.717) is 6.61 Å². The van der Waals surface area contributed by atoms with Crippen LogP contribution in [0.2, 0.25) is 5.02 Å². The molecule has 1 amide bonds. The minimum absolute atomic E-state index is 0.116. The van der Waals surface area contributed by atoms with E-state index in [1.54, 1.807) is 0 Å². The number of benzene rings is 1. The maximum Gasteiger partial charge on any atom is 0.240 e. The van der Waals surface area contributed by atoms with Crippen LogP contribution in [0.15, 0.2) is 18.2 Å². The molecular formula is C12H16ClFN2O4S. The van der Waals surface area contributed by atoms with Crippen molar-refractivity contribution in [3.63, 3.8) is 0 Å². The fraction of sp³-hybridized carbons (Fsp3) is 0.417. The lowest BCUT2D eigenvalue weighted by Crippen LogP contribution is -2.41. The molecule has 0 heterocycles. The number of anilines is 1.